The Labute approximate surface area is 136 Å². The van der Waals surface area contributed by atoms with E-state index in [-0.39, 0.29) is 5.91 Å². The van der Waals surface area contributed by atoms with E-state index in [1.54, 1.807) is 18.5 Å². The number of nitrogens with zero attached hydrogens (tertiary/aromatic N) is 5. The third-order valence-electron chi connectivity index (χ3n) is 4.62. The summed E-state index contributed by atoms with van der Waals surface area (Å²) in [4.78, 5) is 25.0. The zero-order valence-corrected chi connectivity index (χ0v) is 13.2. The van der Waals surface area contributed by atoms with Gasteiger partial charge in [0.2, 0.25) is 11.9 Å². The third-order valence-corrected chi connectivity index (χ3v) is 4.62. The van der Waals surface area contributed by atoms with Crippen LogP contribution in [0.3, 0.4) is 0 Å². The summed E-state index contributed by atoms with van der Waals surface area (Å²) in [6, 6.07) is 4.10. The van der Waals surface area contributed by atoms with Gasteiger partial charge in [0.05, 0.1) is 12.6 Å². The summed E-state index contributed by atoms with van der Waals surface area (Å²) in [5, 5.41) is 12.3. The molecule has 1 saturated heterocycles. The minimum atomic E-state index is -0.628. The molecule has 1 N–H and O–H groups in total. The summed E-state index contributed by atoms with van der Waals surface area (Å²) in [5.41, 5.74) is -0.628. The average Bonchev–Trinajstić information content (AvgIpc) is 3.05. The maximum atomic E-state index is 12.2. The third kappa shape index (κ3) is 3.77. The number of carbonyl (C=O) groups excluding carboxylic acids is 1. The normalized spacial score (nSPS) is 20.9. The molecule has 0 bridgehead atoms. The lowest BCUT2D eigenvalue weighted by Crippen LogP contribution is -2.53. The molecule has 0 unspecified atom stereocenters. The molecule has 1 aliphatic heterocycles. The molecule has 2 fully saturated rings. The lowest BCUT2D eigenvalue weighted by molar-refractivity contribution is -0.123. The fourth-order valence-electron chi connectivity index (χ4n) is 3.31. The number of carbonyl (C=O) groups is 1. The minimum Gasteiger partial charge on any atom is -0.338 e. The molecule has 0 spiro atoms. The first-order valence-corrected chi connectivity index (χ1v) is 8.17. The Morgan fingerprint density at radius 3 is 2.48 bits per heavy atom. The van der Waals surface area contributed by atoms with Gasteiger partial charge in [-0.15, -0.1) is 0 Å². The van der Waals surface area contributed by atoms with E-state index in [4.69, 9.17) is 0 Å². The Bertz CT molecular complexity index is 570. The van der Waals surface area contributed by atoms with Gasteiger partial charge in [0.15, 0.2) is 0 Å². The Morgan fingerprint density at radius 1 is 1.22 bits per heavy atom. The molecule has 2 heterocycles. The molecule has 1 amide bonds. The molecule has 7 heteroatoms. The monoisotopic (exact) mass is 314 g/mol. The van der Waals surface area contributed by atoms with Crippen LogP contribution >= 0.6 is 0 Å². The number of piperazine rings is 1. The Morgan fingerprint density at radius 2 is 1.87 bits per heavy atom. The molecule has 3 rings (SSSR count). The van der Waals surface area contributed by atoms with Gasteiger partial charge in [-0.3, -0.25) is 9.69 Å². The predicted octanol–water partition coefficient (Wildman–Crippen LogP) is 0.551. The van der Waals surface area contributed by atoms with Crippen LogP contribution in [0.25, 0.3) is 0 Å². The summed E-state index contributed by atoms with van der Waals surface area (Å²) < 4.78 is 0. The van der Waals surface area contributed by atoms with Gasteiger partial charge in [0.25, 0.3) is 0 Å². The van der Waals surface area contributed by atoms with Gasteiger partial charge in [0, 0.05) is 38.6 Å². The highest BCUT2D eigenvalue weighted by atomic mass is 16.2. The second-order valence-electron chi connectivity index (χ2n) is 6.26. The highest BCUT2D eigenvalue weighted by Gasteiger charge is 2.35. The number of anilines is 1. The first-order valence-electron chi connectivity index (χ1n) is 8.17. The van der Waals surface area contributed by atoms with E-state index < -0.39 is 5.54 Å². The van der Waals surface area contributed by atoms with Crippen molar-refractivity contribution in [2.24, 2.45) is 0 Å². The molecule has 0 atom stereocenters. The molecule has 2 aliphatic rings. The number of amides is 1. The number of nitrogens with one attached hydrogen (secondary N) is 1. The molecular weight excluding hydrogens is 292 g/mol. The molecule has 1 aliphatic carbocycles. The minimum absolute atomic E-state index is 0.0436. The van der Waals surface area contributed by atoms with Crippen LogP contribution in [-0.2, 0) is 4.79 Å². The van der Waals surface area contributed by atoms with Crippen molar-refractivity contribution in [3.63, 3.8) is 0 Å². The molecule has 0 aromatic carbocycles. The first-order chi connectivity index (χ1) is 11.2. The van der Waals surface area contributed by atoms with Gasteiger partial charge in [-0.2, -0.15) is 5.26 Å². The maximum Gasteiger partial charge on any atom is 0.235 e. The Balaban J connectivity index is 1.47. The largest absolute Gasteiger partial charge is 0.338 e. The van der Waals surface area contributed by atoms with Gasteiger partial charge in [-0.25, -0.2) is 9.97 Å². The number of nitriles is 1. The maximum absolute atomic E-state index is 12.2. The fraction of sp³-hybridized carbons (Fsp3) is 0.625. The van der Waals surface area contributed by atoms with Crippen molar-refractivity contribution in [2.75, 3.05) is 37.6 Å². The van der Waals surface area contributed by atoms with Crippen molar-refractivity contribution in [1.82, 2.24) is 20.2 Å². The standard InChI is InChI=1S/C16H22N6O/c17-13-16(4-1-2-5-16)20-14(23)12-21-8-10-22(11-9-21)15-18-6-3-7-19-15/h3,6-7H,1-2,4-5,8-12H2,(H,20,23). The average molecular weight is 314 g/mol. The number of hydrogen-bond acceptors (Lipinski definition) is 6. The highest BCUT2D eigenvalue weighted by molar-refractivity contribution is 5.79. The van der Waals surface area contributed by atoms with Crippen molar-refractivity contribution in [1.29, 1.82) is 5.26 Å². The van der Waals surface area contributed by atoms with E-state index in [1.807, 2.05) is 0 Å². The van der Waals surface area contributed by atoms with Crippen molar-refractivity contribution < 1.29 is 4.79 Å². The van der Waals surface area contributed by atoms with E-state index in [0.29, 0.717) is 6.54 Å². The SMILES string of the molecule is N#CC1(NC(=O)CN2CCN(c3ncccn3)CC2)CCCC1. The van der Waals surface area contributed by atoms with Crippen LogP contribution in [0.4, 0.5) is 5.95 Å². The Kier molecular flexibility index (Phi) is 4.72. The van der Waals surface area contributed by atoms with Gasteiger partial charge >= 0.3 is 0 Å². The molecule has 1 aromatic rings. The quantitative estimate of drug-likeness (QED) is 0.873. The van der Waals surface area contributed by atoms with Crippen molar-refractivity contribution >= 4 is 11.9 Å². The van der Waals surface area contributed by atoms with Crippen LogP contribution in [0, 0.1) is 11.3 Å². The number of rotatable bonds is 4. The van der Waals surface area contributed by atoms with Crippen molar-refractivity contribution in [3.8, 4) is 6.07 Å². The van der Waals surface area contributed by atoms with Gasteiger partial charge in [0.1, 0.15) is 5.54 Å². The van der Waals surface area contributed by atoms with E-state index >= 15 is 0 Å². The first kappa shape index (κ1) is 15.7. The van der Waals surface area contributed by atoms with Crippen LogP contribution in [0.1, 0.15) is 25.7 Å². The van der Waals surface area contributed by atoms with Crippen LogP contribution in [0.15, 0.2) is 18.5 Å². The van der Waals surface area contributed by atoms with Crippen LogP contribution in [-0.4, -0.2) is 59.0 Å². The Hall–Kier alpha value is -2.20. The second-order valence-corrected chi connectivity index (χ2v) is 6.26. The van der Waals surface area contributed by atoms with Crippen LogP contribution in [0.2, 0.25) is 0 Å². The molecular formula is C16H22N6O. The van der Waals surface area contributed by atoms with Crippen LogP contribution in [0.5, 0.6) is 0 Å². The zero-order chi connectivity index (χ0) is 16.1. The molecule has 122 valence electrons. The zero-order valence-electron chi connectivity index (χ0n) is 13.2. The molecule has 1 aromatic heterocycles. The van der Waals surface area contributed by atoms with E-state index in [2.05, 4.69) is 31.2 Å². The predicted molar refractivity (Wildman–Crippen MR) is 85.6 cm³/mol. The number of aromatic nitrogens is 2. The summed E-state index contributed by atoms with van der Waals surface area (Å²) in [7, 11) is 0. The number of hydrogen-bond donors (Lipinski definition) is 1. The fourth-order valence-corrected chi connectivity index (χ4v) is 3.31. The topological polar surface area (TPSA) is 85.2 Å². The summed E-state index contributed by atoms with van der Waals surface area (Å²) in [6.45, 7) is 3.56. The lowest BCUT2D eigenvalue weighted by Gasteiger charge is -2.34. The second kappa shape index (κ2) is 6.92. The molecule has 1 saturated carbocycles. The molecule has 7 nitrogen and oxygen atoms in total. The van der Waals surface area contributed by atoms with Gasteiger partial charge < -0.3 is 10.2 Å². The highest BCUT2D eigenvalue weighted by Crippen LogP contribution is 2.28. The summed E-state index contributed by atoms with van der Waals surface area (Å²) >= 11 is 0. The molecule has 23 heavy (non-hydrogen) atoms. The van der Waals surface area contributed by atoms with Crippen molar-refractivity contribution in [3.05, 3.63) is 18.5 Å². The summed E-state index contributed by atoms with van der Waals surface area (Å²) in [5.74, 6) is 0.698. The van der Waals surface area contributed by atoms with E-state index in [1.165, 1.54) is 0 Å². The smallest absolute Gasteiger partial charge is 0.235 e. The van der Waals surface area contributed by atoms with E-state index in [9.17, 15) is 10.1 Å². The van der Waals surface area contributed by atoms with Crippen LogP contribution < -0.4 is 10.2 Å². The van der Waals surface area contributed by atoms with E-state index in [0.717, 1.165) is 57.8 Å². The lowest BCUT2D eigenvalue weighted by atomic mass is 10.00. The van der Waals surface area contributed by atoms with Gasteiger partial charge in [-0.1, -0.05) is 0 Å². The van der Waals surface area contributed by atoms with Crippen molar-refractivity contribution in [2.45, 2.75) is 31.2 Å². The van der Waals surface area contributed by atoms with Gasteiger partial charge in [-0.05, 0) is 31.7 Å². The summed E-state index contributed by atoms with van der Waals surface area (Å²) in [6.07, 6.45) is 7.06. The molecule has 0 radical (unpaired) electrons.